The molecule has 0 saturated carbocycles. The minimum Gasteiger partial charge on any atom is -0.358 e. The summed E-state index contributed by atoms with van der Waals surface area (Å²) in [6.07, 6.45) is 2.29. The maximum absolute atomic E-state index is 13.2. The van der Waals surface area contributed by atoms with Gasteiger partial charge in [0.25, 0.3) is 5.56 Å². The van der Waals surface area contributed by atoms with Crippen LogP contribution >= 0.6 is 22.7 Å². The Bertz CT molecular complexity index is 1490. The van der Waals surface area contributed by atoms with Crippen molar-refractivity contribution < 1.29 is 4.79 Å². The Kier molecular flexibility index (Phi) is 4.29. The molecule has 31 heavy (non-hydrogen) atoms. The zero-order valence-corrected chi connectivity index (χ0v) is 18.1. The van der Waals surface area contributed by atoms with Gasteiger partial charge in [0.2, 0.25) is 5.91 Å². The van der Waals surface area contributed by atoms with Crippen molar-refractivity contribution in [1.29, 1.82) is 0 Å². The zero-order valence-electron chi connectivity index (χ0n) is 16.5. The Morgan fingerprint density at radius 3 is 2.94 bits per heavy atom. The molecule has 0 spiro atoms. The molecule has 0 fully saturated rings. The highest BCUT2D eigenvalue weighted by molar-refractivity contribution is 7.18. The molecule has 0 saturated heterocycles. The van der Waals surface area contributed by atoms with Crippen LogP contribution in [0.25, 0.3) is 31.6 Å². The Labute approximate surface area is 185 Å². The summed E-state index contributed by atoms with van der Waals surface area (Å²) in [5, 5.41) is 5.72. The first-order chi connectivity index (χ1) is 15.2. The van der Waals surface area contributed by atoms with Gasteiger partial charge in [0.05, 0.1) is 11.7 Å². The number of aromatic amines is 1. The molecular weight excluding hydrogens is 428 g/mol. The summed E-state index contributed by atoms with van der Waals surface area (Å²) < 4.78 is 1.44. The second kappa shape index (κ2) is 7.18. The average molecular weight is 447 g/mol. The average Bonchev–Trinajstić information content (AvgIpc) is 3.53. The van der Waals surface area contributed by atoms with E-state index in [1.807, 2.05) is 39.9 Å². The number of fused-ring (bicyclic) bond motifs is 4. The van der Waals surface area contributed by atoms with Gasteiger partial charge in [0.15, 0.2) is 0 Å². The molecule has 0 bridgehead atoms. The van der Waals surface area contributed by atoms with Gasteiger partial charge in [0.1, 0.15) is 11.4 Å². The molecule has 0 unspecified atom stereocenters. The summed E-state index contributed by atoms with van der Waals surface area (Å²) >= 11 is 3.05. The lowest BCUT2D eigenvalue weighted by molar-refractivity contribution is -0.132. The van der Waals surface area contributed by atoms with Crippen molar-refractivity contribution in [2.45, 2.75) is 19.5 Å². The molecule has 1 aliphatic heterocycles. The van der Waals surface area contributed by atoms with E-state index in [9.17, 15) is 9.59 Å². The van der Waals surface area contributed by atoms with E-state index in [1.54, 1.807) is 11.3 Å². The maximum Gasteiger partial charge on any atom is 0.263 e. The third kappa shape index (κ3) is 3.02. The van der Waals surface area contributed by atoms with Crippen LogP contribution in [0, 0.1) is 0 Å². The quantitative estimate of drug-likeness (QED) is 0.450. The first-order valence-electron chi connectivity index (χ1n) is 10.1. The van der Waals surface area contributed by atoms with Crippen LogP contribution in [-0.4, -0.2) is 31.9 Å². The molecule has 0 radical (unpaired) electrons. The van der Waals surface area contributed by atoms with Crippen molar-refractivity contribution >= 4 is 49.7 Å². The Balaban J connectivity index is 1.31. The van der Waals surface area contributed by atoms with Crippen molar-refractivity contribution in [1.82, 2.24) is 19.4 Å². The number of rotatable bonds is 3. The number of nitrogens with zero attached hydrogens (tertiary/aromatic N) is 3. The van der Waals surface area contributed by atoms with Crippen molar-refractivity contribution in [2.24, 2.45) is 0 Å². The normalized spacial score (nSPS) is 13.7. The van der Waals surface area contributed by atoms with Crippen LogP contribution in [0.1, 0.15) is 11.3 Å². The highest BCUT2D eigenvalue weighted by atomic mass is 32.1. The predicted molar refractivity (Wildman–Crippen MR) is 125 cm³/mol. The number of benzene rings is 1. The molecule has 5 heterocycles. The van der Waals surface area contributed by atoms with Gasteiger partial charge in [-0.3, -0.25) is 14.2 Å². The van der Waals surface area contributed by atoms with E-state index in [1.165, 1.54) is 33.5 Å². The largest absolute Gasteiger partial charge is 0.358 e. The molecule has 1 N–H and O–H groups in total. The molecule has 1 aromatic carbocycles. The summed E-state index contributed by atoms with van der Waals surface area (Å²) in [6, 6.07) is 12.1. The first kappa shape index (κ1) is 18.5. The monoisotopic (exact) mass is 446 g/mol. The second-order valence-electron chi connectivity index (χ2n) is 7.68. The van der Waals surface area contributed by atoms with Crippen LogP contribution < -0.4 is 5.56 Å². The first-order valence-corrected chi connectivity index (χ1v) is 11.8. The van der Waals surface area contributed by atoms with Gasteiger partial charge in [0, 0.05) is 57.5 Å². The second-order valence-corrected chi connectivity index (χ2v) is 9.48. The zero-order chi connectivity index (χ0) is 20.9. The van der Waals surface area contributed by atoms with E-state index < -0.39 is 0 Å². The molecule has 0 atom stereocenters. The van der Waals surface area contributed by atoms with E-state index in [2.05, 4.69) is 22.1 Å². The van der Waals surface area contributed by atoms with E-state index in [-0.39, 0.29) is 18.0 Å². The number of H-pyrrole nitrogens is 1. The third-order valence-corrected chi connectivity index (χ3v) is 7.68. The smallest absolute Gasteiger partial charge is 0.263 e. The van der Waals surface area contributed by atoms with E-state index >= 15 is 0 Å². The van der Waals surface area contributed by atoms with Gasteiger partial charge in [-0.25, -0.2) is 4.98 Å². The highest BCUT2D eigenvalue weighted by Crippen LogP contribution is 2.33. The van der Waals surface area contributed by atoms with E-state index in [4.69, 9.17) is 0 Å². The van der Waals surface area contributed by atoms with Crippen LogP contribution in [0.2, 0.25) is 0 Å². The van der Waals surface area contributed by atoms with Crippen molar-refractivity contribution in [3.63, 3.8) is 0 Å². The number of amides is 1. The summed E-state index contributed by atoms with van der Waals surface area (Å²) in [4.78, 5) is 37.8. The molecule has 5 aromatic rings. The summed E-state index contributed by atoms with van der Waals surface area (Å²) in [5.41, 5.74) is 4.22. The van der Waals surface area contributed by atoms with Gasteiger partial charge < -0.3 is 9.88 Å². The van der Waals surface area contributed by atoms with Crippen molar-refractivity contribution in [3.8, 4) is 10.4 Å². The lowest BCUT2D eigenvalue weighted by atomic mass is 10.0. The summed E-state index contributed by atoms with van der Waals surface area (Å²) in [7, 11) is 0. The van der Waals surface area contributed by atoms with Gasteiger partial charge in [-0.15, -0.1) is 22.7 Å². The van der Waals surface area contributed by atoms with Crippen molar-refractivity contribution in [3.05, 3.63) is 75.1 Å². The molecule has 6 nitrogen and oxygen atoms in total. The topological polar surface area (TPSA) is 71.0 Å². The van der Waals surface area contributed by atoms with Crippen LogP contribution in [0.3, 0.4) is 0 Å². The van der Waals surface area contributed by atoms with Crippen LogP contribution in [0.15, 0.2) is 58.3 Å². The summed E-state index contributed by atoms with van der Waals surface area (Å²) in [6.45, 7) is 1.20. The standard InChI is InChI=1S/C23H18N4O2S2/c28-20(26-8-7-18-15(10-26)14-4-1-2-5-17(14)25-18)11-27-13-24-22-21(23(27)29)16(12-31-22)19-6-3-9-30-19/h1-6,9,12-13,25H,7-8,10-11H2. The van der Waals surface area contributed by atoms with Gasteiger partial charge in [-0.2, -0.15) is 0 Å². The van der Waals surface area contributed by atoms with Gasteiger partial charge in [-0.05, 0) is 17.5 Å². The van der Waals surface area contributed by atoms with E-state index in [0.717, 1.165) is 27.8 Å². The number of aromatic nitrogens is 3. The molecule has 8 heteroatoms. The maximum atomic E-state index is 13.2. The molecule has 0 aliphatic carbocycles. The van der Waals surface area contributed by atoms with Crippen LogP contribution in [-0.2, 0) is 24.3 Å². The van der Waals surface area contributed by atoms with Gasteiger partial charge in [-0.1, -0.05) is 24.3 Å². The molecule has 1 aliphatic rings. The highest BCUT2D eigenvalue weighted by Gasteiger charge is 2.24. The number of nitrogens with one attached hydrogen (secondary N) is 1. The van der Waals surface area contributed by atoms with E-state index in [0.29, 0.717) is 23.3 Å². The number of thiophene rings is 2. The van der Waals surface area contributed by atoms with Crippen molar-refractivity contribution in [2.75, 3.05) is 6.54 Å². The molecule has 154 valence electrons. The number of para-hydroxylation sites is 1. The molecule has 1 amide bonds. The number of hydrogen-bond acceptors (Lipinski definition) is 5. The summed E-state index contributed by atoms with van der Waals surface area (Å²) in [5.74, 6) is -0.0629. The molecule has 4 aromatic heterocycles. The lowest BCUT2D eigenvalue weighted by Crippen LogP contribution is -2.39. The van der Waals surface area contributed by atoms with Crippen LogP contribution in [0.5, 0.6) is 0 Å². The fraction of sp³-hybridized carbons (Fsp3) is 0.174. The number of hydrogen-bond donors (Lipinski definition) is 1. The predicted octanol–water partition coefficient (Wildman–Crippen LogP) is 4.25. The fourth-order valence-corrected chi connectivity index (χ4v) is 6.04. The molecule has 6 rings (SSSR count). The SMILES string of the molecule is O=C(Cn1cnc2scc(-c3cccs3)c2c1=O)N1CCc2[nH]c3ccccc3c2C1. The Morgan fingerprint density at radius 1 is 1.16 bits per heavy atom. The minimum atomic E-state index is -0.159. The number of carbonyl (C=O) groups is 1. The van der Waals surface area contributed by atoms with Crippen LogP contribution in [0.4, 0.5) is 0 Å². The fourth-order valence-electron chi connectivity index (χ4n) is 4.32. The number of carbonyl (C=O) groups excluding carboxylic acids is 1. The Hall–Kier alpha value is -3.23. The minimum absolute atomic E-state index is 0.000804. The van der Waals surface area contributed by atoms with Gasteiger partial charge >= 0.3 is 0 Å². The Morgan fingerprint density at radius 2 is 2.06 bits per heavy atom. The third-order valence-electron chi connectivity index (χ3n) is 5.89. The lowest BCUT2D eigenvalue weighted by Gasteiger charge is -2.27. The molecular formula is C23H18N4O2S2.